The average Bonchev–Trinajstić information content (AvgIpc) is 1.03. The topological polar surface area (TPSA) is 584 Å². The second kappa shape index (κ2) is 45.3. The predicted octanol–water partition coefficient (Wildman–Crippen LogP) is 8.22. The van der Waals surface area contributed by atoms with Gasteiger partial charge in [0.05, 0.1) is 61.0 Å². The Morgan fingerprint density at radius 1 is 0.854 bits per heavy atom. The smallest absolute Gasteiger partial charge is 0.490 e. The molecule has 41 nitrogen and oxygen atoms in total. The molecule has 2 aromatic heterocycles. The summed E-state index contributed by atoms with van der Waals surface area (Å²) in [5, 5.41) is 14.4. The van der Waals surface area contributed by atoms with Crippen LogP contribution in [0, 0.1) is 11.8 Å². The van der Waals surface area contributed by atoms with Crippen LogP contribution in [0.15, 0.2) is 95.4 Å². The van der Waals surface area contributed by atoms with Gasteiger partial charge in [0.15, 0.2) is 6.23 Å². The zero-order chi connectivity index (χ0) is 88.5. The number of carbonyl (C=O) groups is 5. The van der Waals surface area contributed by atoms with Gasteiger partial charge in [0.25, 0.3) is 32.1 Å². The number of nitrogens with zero attached hydrogens (tertiary/aromatic N) is 11. The molecule has 0 saturated carbocycles. The number of azide groups is 2. The summed E-state index contributed by atoms with van der Waals surface area (Å²) in [7, 11) is -20.6. The molecule has 3 unspecified atom stereocenters. The van der Waals surface area contributed by atoms with Crippen molar-refractivity contribution in [3.63, 3.8) is 0 Å². The van der Waals surface area contributed by atoms with Crippen molar-refractivity contribution in [1.82, 2.24) is 29.7 Å². The lowest BCUT2D eigenvalue weighted by Gasteiger charge is -2.35. The van der Waals surface area contributed by atoms with E-state index in [-0.39, 0.29) is 111 Å². The van der Waals surface area contributed by atoms with Crippen molar-refractivity contribution in [3.8, 4) is 40.2 Å². The van der Waals surface area contributed by atoms with Crippen LogP contribution in [0.2, 0.25) is 0 Å². The molecule has 4 aromatic carbocycles. The summed E-state index contributed by atoms with van der Waals surface area (Å²) in [4.78, 5) is 117. The molecule has 48 heteroatoms. The van der Waals surface area contributed by atoms with Crippen LogP contribution in [-0.2, 0) is 93.2 Å². The Labute approximate surface area is 714 Å². The quantitative estimate of drug-likeness (QED) is 0.00199. The first-order valence-corrected chi connectivity index (χ1v) is 49.1. The summed E-state index contributed by atoms with van der Waals surface area (Å²) in [6.45, 7) is 0.132. The highest BCUT2D eigenvalue weighted by Crippen LogP contribution is 2.66. The van der Waals surface area contributed by atoms with E-state index in [0.717, 1.165) is 57.8 Å². The first kappa shape index (κ1) is 96.4. The Bertz CT molecular complexity index is 5570. The van der Waals surface area contributed by atoms with Gasteiger partial charge >= 0.3 is 23.5 Å². The number of aryl methyl sites for hydroxylation is 1. The Hall–Kier alpha value is -8.86. The number of phosphoric ester groups is 1. The van der Waals surface area contributed by atoms with E-state index in [4.69, 9.17) is 54.0 Å². The van der Waals surface area contributed by atoms with Crippen LogP contribution in [0.25, 0.3) is 49.1 Å². The standard InChI is InChI=1S/C75H93N14O27P3S4/c1-86(75(94)58-21-3-2-20-57(58)72-59-22-9-30-88(32-12-38-123(105,106)107)63(59)43-65-60(72)41-53-39-50-15-7-29-87(31-11-37-122(102,103)104)62(50)42-64(53)113-65)28-8-17-54(90)18-10-35-120-121-36-24-55(91)16-6-26-81-74(93)51-13-4-19-56(40-51)110-48-69(83-85-78)109-34-33-108-47-68(92)79-25-5-14-52-45-89(73-71(52)61(76)23-27-80-73)70-44-66(111-49-82-84-77)67(114-70)46-112-118(98,99)116-119(100,101)115-117(95,96)97/h2-4,13,19-21,23,27,39-43,45,66-67,69-70H,6-12,15-18,22,24-26,28-38,44,46-49H2,1H3,(H9-,76,79,80,81,92,93,95,96,97,98,99,100,101,102,103,104,105,106,107)/p+1/t66-,67-,69?,70-/m1/s1. The second-order valence-corrected chi connectivity index (χ2v) is 38.8. The van der Waals surface area contributed by atoms with E-state index < -0.39 is 106 Å². The van der Waals surface area contributed by atoms with Gasteiger partial charge in [0.1, 0.15) is 79.8 Å². The van der Waals surface area contributed by atoms with Crippen LogP contribution in [0.4, 0.5) is 11.4 Å². The highest BCUT2D eigenvalue weighted by atomic mass is 33.1. The molecular formula is C75H94N14O27P3S4+. The number of benzene rings is 4. The van der Waals surface area contributed by atoms with E-state index in [1.807, 2.05) is 30.3 Å². The largest absolute Gasteiger partial charge is 0.491 e. The van der Waals surface area contributed by atoms with Crippen LogP contribution in [0.3, 0.4) is 0 Å². The maximum absolute atomic E-state index is 14.6. The van der Waals surface area contributed by atoms with Gasteiger partial charge in [0.2, 0.25) is 11.3 Å². The van der Waals surface area contributed by atoms with E-state index >= 15 is 0 Å². The number of Topliss-reactive ketones (excluding diaryl/α,β-unsaturated/α-hetero) is 2. The fourth-order valence-electron chi connectivity index (χ4n) is 14.2. The van der Waals surface area contributed by atoms with Crippen LogP contribution in [0.5, 0.6) is 17.2 Å². The SMILES string of the molecule is CN(CCCC(=O)CCCSSCCC(=O)CCCNC(=O)c1cccc(OCC(N=[N+]=[N-])OCCOCC(=O)NCC#Cc2cn([C@H]3C[C@@H](OCN=[N+]=[N-])[C@@H](COP(=O)(O)OP(=O)(O)OP(=O)(O)O)O3)c3nccc(N)c23)c1)C(=O)c1ccccc1-c1c2c(cc3c1CCCN3CCCS(=O)(=O)O)Oc1cc3c(cc1=C2)CCC[N+]=3CCCS(=O)(=O)O. The number of nitrogen functional groups attached to an aromatic ring is 1. The molecule has 6 heterocycles. The van der Waals surface area contributed by atoms with Crippen molar-refractivity contribution < 1.29 is 125 Å². The summed E-state index contributed by atoms with van der Waals surface area (Å²) < 4.78 is 152. The van der Waals surface area contributed by atoms with Gasteiger partial charge in [-0.15, -0.1) is 0 Å². The number of fused-ring (bicyclic) bond motifs is 5. The third kappa shape index (κ3) is 29.6. The number of phosphoric acid groups is 3. The molecule has 6 aromatic rings. The zero-order valence-electron chi connectivity index (χ0n) is 66.6. The number of ether oxygens (including phenoxy) is 6. The number of nitrogens with one attached hydrogen (secondary N) is 2. The van der Waals surface area contributed by atoms with Gasteiger partial charge < -0.3 is 78.7 Å². The number of aromatic nitrogens is 2. The third-order valence-corrected chi connectivity index (χ3v) is 27.5. The predicted molar refractivity (Wildman–Crippen MR) is 453 cm³/mol. The van der Waals surface area contributed by atoms with Gasteiger partial charge in [-0.3, -0.25) is 37.6 Å². The normalized spacial score (nSPS) is 16.7. The molecule has 10 N–H and O–H groups in total. The highest BCUT2D eigenvalue weighted by Gasteiger charge is 2.44. The Morgan fingerprint density at radius 3 is 2.40 bits per heavy atom. The van der Waals surface area contributed by atoms with Crippen LogP contribution in [-0.4, -0.2) is 223 Å². The molecule has 0 aliphatic carbocycles. The molecule has 0 spiro atoms. The highest BCUT2D eigenvalue weighted by molar-refractivity contribution is 8.76. The van der Waals surface area contributed by atoms with E-state index in [1.54, 1.807) is 57.8 Å². The third-order valence-electron chi connectivity index (χ3n) is 19.6. The van der Waals surface area contributed by atoms with E-state index in [1.165, 1.54) is 29.1 Å². The van der Waals surface area contributed by atoms with Crippen molar-refractivity contribution in [2.24, 2.45) is 10.2 Å². The first-order chi connectivity index (χ1) is 58.6. The molecule has 1 saturated heterocycles. The van der Waals surface area contributed by atoms with Crippen molar-refractivity contribution in [2.75, 3.05) is 126 Å². The Kier molecular flexibility index (Phi) is 35.5. The molecule has 123 heavy (non-hydrogen) atoms. The molecule has 3 amide bonds. The summed E-state index contributed by atoms with van der Waals surface area (Å²) in [6.07, 6.45) is 6.68. The lowest BCUT2D eigenvalue weighted by atomic mass is 9.84. The molecule has 1 fully saturated rings. The van der Waals surface area contributed by atoms with E-state index in [9.17, 15) is 78.9 Å². The molecule has 0 radical (unpaired) electrons. The maximum Gasteiger partial charge on any atom is 0.490 e. The van der Waals surface area contributed by atoms with Crippen LogP contribution in [0.1, 0.15) is 126 Å². The molecule has 6 atom stereocenters. The second-order valence-electron chi connectivity index (χ2n) is 28.6. The first-order valence-electron chi connectivity index (χ1n) is 38.9. The number of hydrogen-bond acceptors (Lipinski definition) is 28. The van der Waals surface area contributed by atoms with Gasteiger partial charge in [-0.1, -0.05) is 67.9 Å². The minimum atomic E-state index is -5.83. The fraction of sp³-hybridized carbons (Fsp3) is 0.480. The van der Waals surface area contributed by atoms with Crippen LogP contribution < -0.4 is 45.9 Å². The lowest BCUT2D eigenvalue weighted by Crippen LogP contribution is -2.39. The van der Waals surface area contributed by atoms with Crippen molar-refractivity contribution in [1.29, 1.82) is 0 Å². The average molecular weight is 1840 g/mol. The van der Waals surface area contributed by atoms with Crippen molar-refractivity contribution >= 4 is 123 Å². The van der Waals surface area contributed by atoms with Crippen LogP contribution >= 0.6 is 45.1 Å². The number of nitrogens with two attached hydrogens (primary N) is 1. The number of rotatable bonds is 49. The van der Waals surface area contributed by atoms with Gasteiger partial charge in [-0.25, -0.2) is 23.3 Å². The van der Waals surface area contributed by atoms with Crippen molar-refractivity contribution in [2.45, 2.75) is 115 Å². The zero-order valence-corrected chi connectivity index (χ0v) is 72.6. The number of carbonyl (C=O) groups excluding carboxylic acids is 5. The minimum absolute atomic E-state index is 0.0384. The minimum Gasteiger partial charge on any atom is -0.491 e. The fourth-order valence-corrected chi connectivity index (χ4v) is 20.3. The van der Waals surface area contributed by atoms with Gasteiger partial charge in [0, 0.05) is 157 Å². The number of anilines is 2. The summed E-state index contributed by atoms with van der Waals surface area (Å²) >= 11 is 0. The number of amides is 3. The molecular weight excluding hydrogens is 1750 g/mol. The maximum atomic E-state index is 14.6. The lowest BCUT2D eigenvalue weighted by molar-refractivity contribution is -0.126. The molecule has 10 rings (SSSR count). The Balaban J connectivity index is 0.596. The number of hydrogen-bond donors (Lipinski definition) is 9. The summed E-state index contributed by atoms with van der Waals surface area (Å²) in [5.74, 6) is 6.53. The van der Waals surface area contributed by atoms with Gasteiger partial charge in [-0.05, 0) is 115 Å². The number of pyridine rings is 1. The van der Waals surface area contributed by atoms with E-state index in [2.05, 4.69) is 77.7 Å². The van der Waals surface area contributed by atoms with Crippen molar-refractivity contribution in [3.05, 3.63) is 150 Å². The van der Waals surface area contributed by atoms with Gasteiger partial charge in [-0.2, -0.15) is 25.5 Å². The van der Waals surface area contributed by atoms with E-state index in [0.29, 0.717) is 116 Å². The Morgan fingerprint density at radius 2 is 1.62 bits per heavy atom. The molecule has 664 valence electrons. The summed E-state index contributed by atoms with van der Waals surface area (Å²) in [5.41, 5.74) is 31.0. The molecule has 4 aliphatic rings. The number of ketones is 2. The molecule has 4 aliphatic heterocycles. The molecule has 0 bridgehead atoms. The monoisotopic (exact) mass is 1840 g/mol. The summed E-state index contributed by atoms with van der Waals surface area (Å²) in [6, 6.07) is 21.2.